The Hall–Kier alpha value is -0.620. The van der Waals surface area contributed by atoms with E-state index in [1.807, 2.05) is 0 Å². The summed E-state index contributed by atoms with van der Waals surface area (Å²) in [6.45, 7) is 0.151. The minimum atomic E-state index is -3.19. The molecule has 0 amide bonds. The highest BCUT2D eigenvalue weighted by atomic mass is 35.5. The largest absolute Gasteiger partial charge is 0.329 e. The first-order valence-electron chi connectivity index (χ1n) is 5.24. The van der Waals surface area contributed by atoms with Gasteiger partial charge in [-0.2, -0.15) is 0 Å². The van der Waals surface area contributed by atoms with Gasteiger partial charge in [0.15, 0.2) is 9.84 Å². The van der Waals surface area contributed by atoms with Gasteiger partial charge in [-0.25, -0.2) is 8.42 Å². The average molecular weight is 275 g/mol. The van der Waals surface area contributed by atoms with Gasteiger partial charge in [-0.15, -0.1) is 0 Å². The van der Waals surface area contributed by atoms with E-state index >= 15 is 0 Å². The fourth-order valence-electron chi connectivity index (χ4n) is 2.47. The molecule has 0 aliphatic heterocycles. The Kier molecular flexibility index (Phi) is 2.98. The third kappa shape index (κ3) is 2.08. The fraction of sp³-hybridized carbons (Fsp3) is 0.455. The van der Waals surface area contributed by atoms with Gasteiger partial charge in [-0.05, 0) is 17.7 Å². The number of sulfone groups is 1. The van der Waals surface area contributed by atoms with Crippen LogP contribution in [-0.2, 0) is 9.84 Å². The van der Waals surface area contributed by atoms with E-state index < -0.39 is 20.6 Å². The molecule has 1 aliphatic rings. The highest BCUT2D eigenvalue weighted by molar-refractivity contribution is 7.91. The quantitative estimate of drug-likeness (QED) is 0.841. The van der Waals surface area contributed by atoms with Crippen molar-refractivity contribution in [3.63, 3.8) is 0 Å². The van der Waals surface area contributed by atoms with E-state index in [9.17, 15) is 8.42 Å². The minimum Gasteiger partial charge on any atom is -0.329 e. The molecule has 17 heavy (non-hydrogen) atoms. The molecule has 1 saturated carbocycles. The lowest BCUT2D eigenvalue weighted by atomic mass is 10.1. The molecular weight excluding hydrogens is 260 g/mol. The third-order valence-electron chi connectivity index (χ3n) is 3.35. The maximum atomic E-state index is 11.7. The molecule has 0 saturated heterocycles. The van der Waals surface area contributed by atoms with Gasteiger partial charge in [0.05, 0.1) is 10.8 Å². The summed E-state index contributed by atoms with van der Waals surface area (Å²) >= 11 is 5.79. The standard InChI is InChI=1S/C11H15ClN2O2S/c1-17(15,16)10-9(11(10,14)6-13)7-2-4-8(12)5-3-7/h2-5,9-10H,6,13-14H2,1H3/t9-,10+,11+/m1/s1. The van der Waals surface area contributed by atoms with Gasteiger partial charge in [0.1, 0.15) is 0 Å². The molecule has 1 fully saturated rings. The van der Waals surface area contributed by atoms with Crippen molar-refractivity contribution in [3.8, 4) is 0 Å². The minimum absolute atomic E-state index is 0.151. The SMILES string of the molecule is CS(=O)(=O)[C@H]1[C@@H](c2ccc(Cl)cc2)[C@@]1(N)CN. The normalized spacial score (nSPS) is 32.5. The van der Waals surface area contributed by atoms with Gasteiger partial charge in [0, 0.05) is 23.7 Å². The highest BCUT2D eigenvalue weighted by Gasteiger charge is 2.67. The molecule has 94 valence electrons. The monoisotopic (exact) mass is 274 g/mol. The van der Waals surface area contributed by atoms with E-state index in [4.69, 9.17) is 23.1 Å². The average Bonchev–Trinajstić information content (AvgIpc) is 2.87. The summed E-state index contributed by atoms with van der Waals surface area (Å²) in [5.74, 6) is -0.236. The maximum absolute atomic E-state index is 11.7. The number of halogens is 1. The molecule has 0 spiro atoms. The van der Waals surface area contributed by atoms with E-state index in [1.54, 1.807) is 24.3 Å². The van der Waals surface area contributed by atoms with E-state index in [0.717, 1.165) is 5.56 Å². The van der Waals surface area contributed by atoms with Crippen LogP contribution in [0.5, 0.6) is 0 Å². The molecule has 1 aromatic carbocycles. The Labute approximate surface area is 106 Å². The Morgan fingerprint density at radius 1 is 1.35 bits per heavy atom. The lowest BCUT2D eigenvalue weighted by molar-refractivity contribution is 0.591. The van der Waals surface area contributed by atoms with Gasteiger partial charge in [0.25, 0.3) is 0 Å². The number of benzene rings is 1. The van der Waals surface area contributed by atoms with Crippen molar-refractivity contribution in [2.75, 3.05) is 12.8 Å². The lowest BCUT2D eigenvalue weighted by Crippen LogP contribution is -2.38. The van der Waals surface area contributed by atoms with Crippen LogP contribution in [0, 0.1) is 0 Å². The predicted molar refractivity (Wildman–Crippen MR) is 68.8 cm³/mol. The molecule has 2 rings (SSSR count). The van der Waals surface area contributed by atoms with Crippen LogP contribution in [0.3, 0.4) is 0 Å². The molecule has 0 bridgehead atoms. The van der Waals surface area contributed by atoms with Gasteiger partial charge < -0.3 is 11.5 Å². The van der Waals surface area contributed by atoms with E-state index in [0.29, 0.717) is 5.02 Å². The van der Waals surface area contributed by atoms with Gasteiger partial charge >= 0.3 is 0 Å². The summed E-state index contributed by atoms with van der Waals surface area (Å²) in [7, 11) is -3.19. The van der Waals surface area contributed by atoms with Crippen LogP contribution >= 0.6 is 11.6 Å². The summed E-state index contributed by atoms with van der Waals surface area (Å²) in [5.41, 5.74) is 11.7. The van der Waals surface area contributed by atoms with E-state index in [-0.39, 0.29) is 12.5 Å². The summed E-state index contributed by atoms with van der Waals surface area (Å²) < 4.78 is 23.3. The van der Waals surface area contributed by atoms with Crippen molar-refractivity contribution >= 4 is 21.4 Å². The van der Waals surface area contributed by atoms with Crippen LogP contribution in [0.4, 0.5) is 0 Å². The Bertz CT molecular complexity index is 529. The first-order valence-corrected chi connectivity index (χ1v) is 7.57. The van der Waals surface area contributed by atoms with Crippen LogP contribution in [0.2, 0.25) is 5.02 Å². The van der Waals surface area contributed by atoms with Crippen LogP contribution in [0.25, 0.3) is 0 Å². The summed E-state index contributed by atoms with van der Waals surface area (Å²) in [6, 6.07) is 7.06. The second kappa shape index (κ2) is 3.95. The lowest BCUT2D eigenvalue weighted by Gasteiger charge is -2.07. The zero-order chi connectivity index (χ0) is 12.8. The number of rotatable bonds is 3. The summed E-state index contributed by atoms with van der Waals surface area (Å²) in [4.78, 5) is 0. The topological polar surface area (TPSA) is 86.2 Å². The molecule has 6 heteroatoms. The van der Waals surface area contributed by atoms with Crippen molar-refractivity contribution in [2.45, 2.75) is 16.7 Å². The number of hydrogen-bond donors (Lipinski definition) is 2. The molecule has 0 radical (unpaired) electrons. The van der Waals surface area contributed by atoms with Crippen molar-refractivity contribution in [1.82, 2.24) is 0 Å². The molecule has 3 atom stereocenters. The Balaban J connectivity index is 2.37. The van der Waals surface area contributed by atoms with Gasteiger partial charge in [-0.3, -0.25) is 0 Å². The van der Waals surface area contributed by atoms with E-state index in [1.165, 1.54) is 6.26 Å². The Morgan fingerprint density at radius 3 is 2.24 bits per heavy atom. The summed E-state index contributed by atoms with van der Waals surface area (Å²) in [5, 5.41) is 0.0156. The first kappa shape index (κ1) is 12.8. The first-order chi connectivity index (χ1) is 7.80. The maximum Gasteiger partial charge on any atom is 0.152 e. The molecular formula is C11H15ClN2O2S. The number of nitrogens with two attached hydrogens (primary N) is 2. The van der Waals surface area contributed by atoms with Crippen LogP contribution in [0.15, 0.2) is 24.3 Å². The smallest absolute Gasteiger partial charge is 0.152 e. The van der Waals surface area contributed by atoms with Crippen LogP contribution < -0.4 is 11.5 Å². The molecule has 4 nitrogen and oxygen atoms in total. The number of hydrogen-bond acceptors (Lipinski definition) is 4. The molecule has 1 aromatic rings. The Morgan fingerprint density at radius 2 is 1.88 bits per heavy atom. The highest BCUT2D eigenvalue weighted by Crippen LogP contribution is 2.53. The van der Waals surface area contributed by atoms with Crippen molar-refractivity contribution in [1.29, 1.82) is 0 Å². The molecule has 1 aliphatic carbocycles. The van der Waals surface area contributed by atoms with E-state index in [2.05, 4.69) is 0 Å². The fourth-order valence-corrected chi connectivity index (χ4v) is 4.46. The van der Waals surface area contributed by atoms with Crippen molar-refractivity contribution < 1.29 is 8.42 Å². The van der Waals surface area contributed by atoms with Crippen molar-refractivity contribution in [3.05, 3.63) is 34.9 Å². The van der Waals surface area contributed by atoms with Crippen LogP contribution in [0.1, 0.15) is 11.5 Å². The van der Waals surface area contributed by atoms with Crippen molar-refractivity contribution in [2.24, 2.45) is 11.5 Å². The second-order valence-corrected chi connectivity index (χ2v) is 7.20. The molecule has 0 unspecified atom stereocenters. The molecule has 0 heterocycles. The third-order valence-corrected chi connectivity index (χ3v) is 5.23. The van der Waals surface area contributed by atoms with Gasteiger partial charge in [-0.1, -0.05) is 23.7 Å². The molecule has 4 N–H and O–H groups in total. The summed E-state index contributed by atoms with van der Waals surface area (Å²) in [6.07, 6.45) is 1.20. The second-order valence-electron chi connectivity index (χ2n) is 4.60. The molecule has 0 aromatic heterocycles. The zero-order valence-corrected chi connectivity index (χ0v) is 11.0. The van der Waals surface area contributed by atoms with Crippen LogP contribution in [-0.4, -0.2) is 32.0 Å². The van der Waals surface area contributed by atoms with Gasteiger partial charge in [0.2, 0.25) is 0 Å². The zero-order valence-electron chi connectivity index (χ0n) is 9.43. The predicted octanol–water partition coefficient (Wildman–Crippen LogP) is 0.507.